The molecule has 0 saturated heterocycles. The molecule has 0 aliphatic heterocycles. The van der Waals surface area contributed by atoms with E-state index in [2.05, 4.69) is 64.3 Å². The van der Waals surface area contributed by atoms with E-state index in [0.717, 1.165) is 33.8 Å². The molecule has 266 valence electrons. The Hall–Kier alpha value is -4.01. The molecule has 0 spiro atoms. The third-order valence-corrected chi connectivity index (χ3v) is 6.12. The number of rotatable bonds is 4. The van der Waals surface area contributed by atoms with Crippen molar-refractivity contribution in [3.05, 3.63) is 183 Å². The fraction of sp³-hybridized carbons (Fsp3) is 0. The van der Waals surface area contributed by atoms with Crippen molar-refractivity contribution in [3.63, 3.8) is 0 Å². The van der Waals surface area contributed by atoms with Gasteiger partial charge in [0.05, 0.1) is 0 Å². The van der Waals surface area contributed by atoms with Gasteiger partial charge in [-0.2, -0.15) is 29.3 Å². The van der Waals surface area contributed by atoms with Crippen LogP contribution in [0.5, 0.6) is 0 Å². The largest absolute Gasteiger partial charge is 0.453 e. The van der Waals surface area contributed by atoms with E-state index in [0.29, 0.717) is 11.3 Å². The van der Waals surface area contributed by atoms with Gasteiger partial charge in [0, 0.05) is 105 Å². The van der Waals surface area contributed by atoms with Crippen molar-refractivity contribution >= 4 is 0 Å². The van der Waals surface area contributed by atoms with Crippen molar-refractivity contribution in [1.82, 2.24) is 39.9 Å². The fourth-order valence-corrected chi connectivity index (χ4v) is 3.93. The second-order valence-electron chi connectivity index (χ2n) is 9.34. The second kappa shape index (κ2) is 25.9. The SMILES string of the molecule is Fc1ccnc(-c2[c-]ccnc2)c1.[Ir].[Ir].[Ir].[Ir].[c-]1[nH]ccc1-c1ccccn1.[c-]1c[nH]cc1-c1ccccn1.[c-]1cnccc1-c1ccccn1. The van der Waals surface area contributed by atoms with E-state index in [1.165, 1.54) is 18.3 Å². The van der Waals surface area contributed by atoms with Gasteiger partial charge in [-0.1, -0.05) is 61.2 Å². The molecule has 8 heterocycles. The Kier molecular flexibility index (Phi) is 22.8. The van der Waals surface area contributed by atoms with Crippen LogP contribution in [0, 0.1) is 30.2 Å². The van der Waals surface area contributed by atoms with Crippen LogP contribution in [0.2, 0.25) is 0 Å². The molecular weight excluding hydrogens is 1360 g/mol. The van der Waals surface area contributed by atoms with Gasteiger partial charge in [-0.25, -0.2) is 4.39 Å². The van der Waals surface area contributed by atoms with Crippen LogP contribution in [-0.4, -0.2) is 39.9 Å². The summed E-state index contributed by atoms with van der Waals surface area (Å²) in [7, 11) is 0. The molecule has 0 atom stereocenters. The van der Waals surface area contributed by atoms with Crippen LogP contribution in [0.25, 0.3) is 45.0 Å². The maximum atomic E-state index is 12.8. The third-order valence-electron chi connectivity index (χ3n) is 6.12. The summed E-state index contributed by atoms with van der Waals surface area (Å²) in [4.78, 5) is 30.1. The molecule has 0 unspecified atom stereocenters. The Labute approximate surface area is 350 Å². The van der Waals surface area contributed by atoms with Crippen LogP contribution in [-0.2, 0) is 80.4 Å². The van der Waals surface area contributed by atoms with Crippen molar-refractivity contribution in [3.8, 4) is 45.0 Å². The number of halogens is 1. The average molecular weight is 1380 g/mol. The zero-order valence-corrected chi connectivity index (χ0v) is 35.9. The minimum Gasteiger partial charge on any atom is -0.453 e. The van der Waals surface area contributed by atoms with E-state index >= 15 is 0 Å². The summed E-state index contributed by atoms with van der Waals surface area (Å²) in [6.07, 6.45) is 21.8. The fourth-order valence-electron chi connectivity index (χ4n) is 3.93. The number of hydrogen-bond donors (Lipinski definition) is 2. The number of aromatic nitrogens is 8. The van der Waals surface area contributed by atoms with Gasteiger partial charge in [0.25, 0.3) is 0 Å². The summed E-state index contributed by atoms with van der Waals surface area (Å²) in [6.45, 7) is 0. The van der Waals surface area contributed by atoms with Crippen molar-refractivity contribution < 1.29 is 84.8 Å². The molecule has 0 fully saturated rings. The van der Waals surface area contributed by atoms with E-state index in [1.54, 1.807) is 55.6 Å². The summed E-state index contributed by atoms with van der Waals surface area (Å²) in [6, 6.07) is 34.6. The monoisotopic (exact) mass is 1390 g/mol. The molecule has 8 aromatic heterocycles. The summed E-state index contributed by atoms with van der Waals surface area (Å²) < 4.78 is 12.8. The zero-order valence-electron chi connectivity index (χ0n) is 26.3. The van der Waals surface area contributed by atoms with E-state index in [1.807, 2.05) is 79.1 Å². The van der Waals surface area contributed by atoms with E-state index in [-0.39, 0.29) is 86.2 Å². The van der Waals surface area contributed by atoms with Gasteiger partial charge in [-0.3, -0.25) is 4.98 Å². The Bertz CT molecular complexity index is 1870. The van der Waals surface area contributed by atoms with Crippen LogP contribution >= 0.6 is 0 Å². The maximum absolute atomic E-state index is 12.8. The Morgan fingerprint density at radius 3 is 1.67 bits per heavy atom. The molecule has 0 bridgehead atoms. The topological polar surface area (TPSA) is 109 Å². The number of aromatic amines is 2. The van der Waals surface area contributed by atoms with Crippen LogP contribution < -0.4 is 0 Å². The quantitative estimate of drug-likeness (QED) is 0.175. The normalized spacial score (nSPS) is 9.04. The maximum Gasteiger partial charge on any atom is 0.117 e. The molecule has 0 amide bonds. The van der Waals surface area contributed by atoms with Gasteiger partial charge in [-0.05, 0) is 65.5 Å². The first-order valence-electron chi connectivity index (χ1n) is 14.4. The molecule has 13 heteroatoms. The van der Waals surface area contributed by atoms with Gasteiger partial charge in [0.1, 0.15) is 5.82 Å². The number of pyridine rings is 6. The minimum atomic E-state index is -0.303. The Morgan fingerprint density at radius 2 is 1.18 bits per heavy atom. The standard InChI is InChI=1S/C10H6FN2.C10H7N2.2C9H7N2.4Ir/c11-9-3-5-13-10(6-9)8-2-1-4-12-7-8;1-2-6-12-10(3-1)9-4-7-11-8-5-9;2*1-2-5-11-9(3-1)8-4-6-10-7-8;;;;/h1,3-7H;1-4,6-8H;1-3,5-7,10H;1-6,10H;;;;/q4*-1;;;;. The molecule has 8 nitrogen and oxygen atoms in total. The molecule has 2 N–H and O–H groups in total. The van der Waals surface area contributed by atoms with E-state index < -0.39 is 0 Å². The van der Waals surface area contributed by atoms with Gasteiger partial charge in [0.15, 0.2) is 0 Å². The number of hydrogen-bond acceptors (Lipinski definition) is 6. The molecule has 0 saturated carbocycles. The van der Waals surface area contributed by atoms with E-state index in [9.17, 15) is 4.39 Å². The van der Waals surface area contributed by atoms with Gasteiger partial charge >= 0.3 is 0 Å². The first-order valence-corrected chi connectivity index (χ1v) is 14.4. The van der Waals surface area contributed by atoms with Crippen LogP contribution in [0.4, 0.5) is 4.39 Å². The minimum absolute atomic E-state index is 0. The summed E-state index contributed by atoms with van der Waals surface area (Å²) in [5, 5.41) is 0. The smallest absolute Gasteiger partial charge is 0.117 e. The summed E-state index contributed by atoms with van der Waals surface area (Å²) in [5.41, 5.74) is 7.07. The molecule has 0 aliphatic carbocycles. The average Bonchev–Trinajstić information content (AvgIpc) is 3.91. The van der Waals surface area contributed by atoms with Gasteiger partial charge in [-0.15, -0.1) is 41.7 Å². The zero-order chi connectivity index (χ0) is 32.4. The predicted molar refractivity (Wildman–Crippen MR) is 178 cm³/mol. The van der Waals surface area contributed by atoms with Crippen LogP contribution in [0.1, 0.15) is 0 Å². The van der Waals surface area contributed by atoms with Gasteiger partial charge in [0.2, 0.25) is 0 Å². The number of nitrogens with one attached hydrogen (secondary N) is 2. The second-order valence-corrected chi connectivity index (χ2v) is 9.34. The van der Waals surface area contributed by atoms with Crippen molar-refractivity contribution in [1.29, 1.82) is 0 Å². The Balaban J connectivity index is 0.000000332. The summed E-state index contributed by atoms with van der Waals surface area (Å²) in [5.74, 6) is -0.303. The molecule has 8 aromatic rings. The Morgan fingerprint density at radius 1 is 0.529 bits per heavy atom. The molecule has 8 rings (SSSR count). The van der Waals surface area contributed by atoms with E-state index in [4.69, 9.17) is 0 Å². The van der Waals surface area contributed by atoms with Crippen LogP contribution in [0.15, 0.2) is 153 Å². The summed E-state index contributed by atoms with van der Waals surface area (Å²) >= 11 is 0. The molecule has 0 aliphatic rings. The molecule has 51 heavy (non-hydrogen) atoms. The molecular formula is C38H27FIr4N8-4. The predicted octanol–water partition coefficient (Wildman–Crippen LogP) is 7.77. The molecule has 4 radical (unpaired) electrons. The first kappa shape index (κ1) is 45.0. The van der Waals surface area contributed by atoms with Crippen molar-refractivity contribution in [2.75, 3.05) is 0 Å². The third kappa shape index (κ3) is 15.4. The molecule has 0 aromatic carbocycles. The van der Waals surface area contributed by atoms with Crippen molar-refractivity contribution in [2.45, 2.75) is 0 Å². The van der Waals surface area contributed by atoms with Crippen LogP contribution in [0.3, 0.4) is 0 Å². The first-order chi connectivity index (χ1) is 23.3. The van der Waals surface area contributed by atoms with Crippen molar-refractivity contribution in [2.24, 2.45) is 0 Å². The van der Waals surface area contributed by atoms with Gasteiger partial charge < -0.3 is 34.9 Å². The number of H-pyrrole nitrogens is 2. The number of nitrogens with zero attached hydrogens (tertiary/aromatic N) is 6.